The molecule has 2 N–H and O–H groups in total. The van der Waals surface area contributed by atoms with E-state index < -0.39 is 5.91 Å². The number of hydrazone groups is 1. The molecule has 0 aromatic heterocycles. The molecule has 2 aromatic rings. The van der Waals surface area contributed by atoms with Gasteiger partial charge in [-0.1, -0.05) is 30.3 Å². The van der Waals surface area contributed by atoms with E-state index in [9.17, 15) is 9.59 Å². The van der Waals surface area contributed by atoms with E-state index in [-0.39, 0.29) is 19.2 Å². The Morgan fingerprint density at radius 3 is 2.69 bits per heavy atom. The number of nitrogens with zero attached hydrogens (tertiary/aromatic N) is 1. The first kappa shape index (κ1) is 17.2. The number of ether oxygens (including phenoxy) is 2. The molecule has 132 valence electrons. The van der Waals surface area contributed by atoms with Gasteiger partial charge in [0.25, 0.3) is 5.91 Å². The summed E-state index contributed by atoms with van der Waals surface area (Å²) in [6.07, 6.45) is 4.53. The molecule has 0 radical (unpaired) electrons. The number of carbonyl (C=O) groups excluding carboxylic acids is 2. The third-order valence-corrected chi connectivity index (χ3v) is 3.45. The van der Waals surface area contributed by atoms with Crippen molar-refractivity contribution >= 4 is 24.1 Å². The van der Waals surface area contributed by atoms with Gasteiger partial charge >= 0.3 is 0 Å². The Morgan fingerprint density at radius 1 is 1.04 bits per heavy atom. The van der Waals surface area contributed by atoms with E-state index >= 15 is 0 Å². The van der Waals surface area contributed by atoms with E-state index in [1.165, 1.54) is 12.3 Å². The minimum atomic E-state index is -0.427. The summed E-state index contributed by atoms with van der Waals surface area (Å²) in [6.45, 7) is 0.0293. The van der Waals surface area contributed by atoms with E-state index in [0.717, 1.165) is 11.1 Å². The van der Waals surface area contributed by atoms with Gasteiger partial charge in [-0.25, -0.2) is 5.43 Å². The van der Waals surface area contributed by atoms with Crippen molar-refractivity contribution in [2.24, 2.45) is 5.10 Å². The van der Waals surface area contributed by atoms with Gasteiger partial charge in [0.05, 0.1) is 12.8 Å². The number of rotatable bonds is 6. The fraction of sp³-hybridized carbons (Fsp3) is 0.105. The van der Waals surface area contributed by atoms with Crippen LogP contribution < -0.4 is 20.2 Å². The first-order chi connectivity index (χ1) is 12.7. The maximum atomic E-state index is 11.7. The van der Waals surface area contributed by atoms with Crippen LogP contribution >= 0.6 is 0 Å². The second-order valence-electron chi connectivity index (χ2n) is 5.37. The van der Waals surface area contributed by atoms with Crippen LogP contribution in [-0.2, 0) is 9.59 Å². The van der Waals surface area contributed by atoms with E-state index in [0.29, 0.717) is 11.5 Å². The minimum absolute atomic E-state index is 0.170. The Balaban J connectivity index is 1.41. The fourth-order valence-corrected chi connectivity index (χ4v) is 2.17. The molecular formula is C19H17N3O4. The quantitative estimate of drug-likeness (QED) is 0.471. The maximum Gasteiger partial charge on any atom is 0.259 e. The van der Waals surface area contributed by atoms with Crippen LogP contribution in [0.1, 0.15) is 11.1 Å². The van der Waals surface area contributed by atoms with Crippen molar-refractivity contribution in [2.45, 2.75) is 0 Å². The van der Waals surface area contributed by atoms with Crippen LogP contribution in [0.25, 0.3) is 6.08 Å². The summed E-state index contributed by atoms with van der Waals surface area (Å²) in [5.41, 5.74) is 4.00. The average Bonchev–Trinajstić information content (AvgIpc) is 3.13. The Morgan fingerprint density at radius 2 is 1.85 bits per heavy atom. The van der Waals surface area contributed by atoms with Gasteiger partial charge in [-0.15, -0.1) is 0 Å². The van der Waals surface area contributed by atoms with Gasteiger partial charge < -0.3 is 14.8 Å². The van der Waals surface area contributed by atoms with Gasteiger partial charge in [-0.3, -0.25) is 9.59 Å². The van der Waals surface area contributed by atoms with Crippen molar-refractivity contribution in [3.05, 3.63) is 65.7 Å². The van der Waals surface area contributed by atoms with Crippen LogP contribution in [0.15, 0.2) is 59.7 Å². The molecule has 2 amide bonds. The van der Waals surface area contributed by atoms with E-state index in [2.05, 4.69) is 15.8 Å². The van der Waals surface area contributed by atoms with Gasteiger partial charge in [0.1, 0.15) is 0 Å². The molecule has 3 rings (SSSR count). The molecule has 1 aliphatic rings. The lowest BCUT2D eigenvalue weighted by molar-refractivity contribution is -0.123. The van der Waals surface area contributed by atoms with Crippen LogP contribution in [-0.4, -0.2) is 31.4 Å². The Bertz CT molecular complexity index is 847. The molecule has 0 unspecified atom stereocenters. The monoisotopic (exact) mass is 351 g/mol. The summed E-state index contributed by atoms with van der Waals surface area (Å²) >= 11 is 0. The predicted molar refractivity (Wildman–Crippen MR) is 96.8 cm³/mol. The van der Waals surface area contributed by atoms with Gasteiger partial charge in [0, 0.05) is 6.08 Å². The second-order valence-corrected chi connectivity index (χ2v) is 5.37. The first-order valence-electron chi connectivity index (χ1n) is 7.93. The lowest BCUT2D eigenvalue weighted by Gasteiger charge is -2.01. The molecule has 2 aromatic carbocycles. The maximum absolute atomic E-state index is 11.7. The number of nitrogens with one attached hydrogen (secondary N) is 2. The smallest absolute Gasteiger partial charge is 0.259 e. The molecule has 0 saturated heterocycles. The molecule has 26 heavy (non-hydrogen) atoms. The molecule has 0 saturated carbocycles. The molecule has 7 heteroatoms. The number of carbonyl (C=O) groups is 2. The number of hydrogen-bond acceptors (Lipinski definition) is 5. The molecule has 1 heterocycles. The third kappa shape index (κ3) is 4.94. The lowest BCUT2D eigenvalue weighted by Crippen LogP contribution is -2.34. The zero-order valence-corrected chi connectivity index (χ0v) is 13.8. The molecular weight excluding hydrogens is 334 g/mol. The molecule has 0 spiro atoms. The summed E-state index contributed by atoms with van der Waals surface area (Å²) < 4.78 is 10.5. The molecule has 0 fully saturated rings. The topological polar surface area (TPSA) is 89.0 Å². The van der Waals surface area contributed by atoms with E-state index in [1.54, 1.807) is 24.3 Å². The third-order valence-electron chi connectivity index (χ3n) is 3.45. The van der Waals surface area contributed by atoms with Gasteiger partial charge in [-0.2, -0.15) is 5.10 Å². The Kier molecular flexibility index (Phi) is 5.61. The van der Waals surface area contributed by atoms with Crippen molar-refractivity contribution in [3.63, 3.8) is 0 Å². The number of benzene rings is 2. The average molecular weight is 351 g/mol. The summed E-state index contributed by atoms with van der Waals surface area (Å²) in [5.74, 6) is 0.530. The van der Waals surface area contributed by atoms with Crippen LogP contribution in [0, 0.1) is 0 Å². The zero-order chi connectivity index (χ0) is 18.2. The largest absolute Gasteiger partial charge is 0.454 e. The van der Waals surface area contributed by atoms with Crippen LogP contribution in [0.3, 0.4) is 0 Å². The zero-order valence-electron chi connectivity index (χ0n) is 13.8. The molecule has 7 nitrogen and oxygen atoms in total. The highest BCUT2D eigenvalue weighted by molar-refractivity contribution is 5.94. The number of amides is 2. The van der Waals surface area contributed by atoms with Crippen molar-refractivity contribution < 1.29 is 19.1 Å². The highest BCUT2D eigenvalue weighted by Gasteiger charge is 2.12. The van der Waals surface area contributed by atoms with Crippen molar-refractivity contribution in [2.75, 3.05) is 13.3 Å². The Hall–Kier alpha value is -3.61. The van der Waals surface area contributed by atoms with Crippen molar-refractivity contribution in [3.8, 4) is 11.5 Å². The van der Waals surface area contributed by atoms with Crippen molar-refractivity contribution in [1.82, 2.24) is 10.7 Å². The highest BCUT2D eigenvalue weighted by atomic mass is 16.7. The molecule has 0 aliphatic carbocycles. The standard InChI is InChI=1S/C19H17N3O4/c23-18(9-7-14-4-2-1-3-5-14)20-12-19(24)22-21-11-15-6-8-16-17(10-15)26-13-25-16/h1-11H,12-13H2,(H,20,23)(H,22,24). The summed E-state index contributed by atoms with van der Waals surface area (Å²) in [4.78, 5) is 23.4. The Labute approximate surface area is 150 Å². The normalized spacial score (nSPS) is 12.5. The number of fused-ring (bicyclic) bond motifs is 1. The van der Waals surface area contributed by atoms with E-state index in [1.807, 2.05) is 30.3 Å². The molecule has 1 aliphatic heterocycles. The van der Waals surface area contributed by atoms with Crippen LogP contribution in [0.5, 0.6) is 11.5 Å². The summed E-state index contributed by atoms with van der Waals surface area (Å²) in [5, 5.41) is 6.34. The van der Waals surface area contributed by atoms with E-state index in [4.69, 9.17) is 9.47 Å². The molecule has 0 bridgehead atoms. The fourth-order valence-electron chi connectivity index (χ4n) is 2.17. The van der Waals surface area contributed by atoms with Crippen LogP contribution in [0.4, 0.5) is 0 Å². The first-order valence-corrected chi connectivity index (χ1v) is 7.93. The predicted octanol–water partition coefficient (Wildman–Crippen LogP) is 1.70. The van der Waals surface area contributed by atoms with Gasteiger partial charge in [-0.05, 0) is 35.4 Å². The molecule has 0 atom stereocenters. The summed E-state index contributed by atoms with van der Waals surface area (Å²) in [6, 6.07) is 14.7. The number of hydrogen-bond donors (Lipinski definition) is 2. The summed E-state index contributed by atoms with van der Waals surface area (Å²) in [7, 11) is 0. The van der Waals surface area contributed by atoms with Crippen molar-refractivity contribution in [1.29, 1.82) is 0 Å². The highest BCUT2D eigenvalue weighted by Crippen LogP contribution is 2.31. The van der Waals surface area contributed by atoms with Gasteiger partial charge in [0.15, 0.2) is 11.5 Å². The minimum Gasteiger partial charge on any atom is -0.454 e. The second kappa shape index (κ2) is 8.48. The van der Waals surface area contributed by atoms with Crippen LogP contribution in [0.2, 0.25) is 0 Å². The SMILES string of the molecule is O=C(C=Cc1ccccc1)NCC(=O)NN=Cc1ccc2c(c1)OCO2. The lowest BCUT2D eigenvalue weighted by atomic mass is 10.2. The van der Waals surface area contributed by atoms with Gasteiger partial charge in [0.2, 0.25) is 12.7 Å².